The highest BCUT2D eigenvalue weighted by Gasteiger charge is 2.38. The number of nitrogens with zero attached hydrogens (tertiary/aromatic N) is 1. The normalized spacial score (nSPS) is 24.4. The van der Waals surface area contributed by atoms with Gasteiger partial charge in [-0.3, -0.25) is 9.59 Å². The first-order chi connectivity index (χ1) is 12.7. The van der Waals surface area contributed by atoms with E-state index in [1.807, 2.05) is 29.2 Å². The van der Waals surface area contributed by atoms with E-state index in [9.17, 15) is 9.59 Å². The zero-order chi connectivity index (χ0) is 17.9. The van der Waals surface area contributed by atoms with Crippen LogP contribution in [0.3, 0.4) is 0 Å². The molecular formula is C21H28N2O3. The average molecular weight is 356 g/mol. The smallest absolute Gasteiger partial charge is 0.229 e. The maximum Gasteiger partial charge on any atom is 0.229 e. The van der Waals surface area contributed by atoms with E-state index in [1.54, 1.807) is 0 Å². The van der Waals surface area contributed by atoms with Crippen LogP contribution in [0, 0.1) is 5.92 Å². The Morgan fingerprint density at radius 3 is 2.58 bits per heavy atom. The van der Waals surface area contributed by atoms with Crippen molar-refractivity contribution in [3.05, 3.63) is 24.3 Å². The molecule has 3 aliphatic rings. The average Bonchev–Trinajstić information content (AvgIpc) is 3.36. The van der Waals surface area contributed by atoms with Crippen molar-refractivity contribution in [2.24, 2.45) is 5.92 Å². The van der Waals surface area contributed by atoms with Crippen LogP contribution in [0.25, 0.3) is 0 Å². The third-order valence-electron chi connectivity index (χ3n) is 6.00. The number of ether oxygens (including phenoxy) is 1. The van der Waals surface area contributed by atoms with Gasteiger partial charge >= 0.3 is 0 Å². The first-order valence-electron chi connectivity index (χ1n) is 10.1. The lowest BCUT2D eigenvalue weighted by Crippen LogP contribution is -2.35. The van der Waals surface area contributed by atoms with Crippen LogP contribution >= 0.6 is 0 Å². The van der Waals surface area contributed by atoms with E-state index >= 15 is 0 Å². The maximum absolute atomic E-state index is 12.6. The van der Waals surface area contributed by atoms with Crippen LogP contribution in [-0.4, -0.2) is 35.4 Å². The van der Waals surface area contributed by atoms with Crippen molar-refractivity contribution < 1.29 is 14.3 Å². The molecule has 1 aromatic carbocycles. The fraction of sp³-hybridized carbons (Fsp3) is 0.619. The Morgan fingerprint density at radius 1 is 1.08 bits per heavy atom. The monoisotopic (exact) mass is 356 g/mol. The van der Waals surface area contributed by atoms with Crippen molar-refractivity contribution in [2.45, 2.75) is 69.9 Å². The summed E-state index contributed by atoms with van der Waals surface area (Å²) in [5.74, 6) is 0.638. The molecule has 5 nitrogen and oxygen atoms in total. The quantitative estimate of drug-likeness (QED) is 0.874. The number of amides is 2. The minimum atomic E-state index is -0.248. The van der Waals surface area contributed by atoms with Gasteiger partial charge in [0.05, 0.1) is 12.0 Å². The lowest BCUT2D eigenvalue weighted by atomic mass is 10.1. The van der Waals surface area contributed by atoms with E-state index in [0.29, 0.717) is 25.1 Å². The number of likely N-dealkylation sites (tertiary alicyclic amines) is 1. The molecule has 1 aliphatic heterocycles. The molecule has 0 spiro atoms. The van der Waals surface area contributed by atoms with E-state index in [-0.39, 0.29) is 17.7 Å². The summed E-state index contributed by atoms with van der Waals surface area (Å²) >= 11 is 0. The van der Waals surface area contributed by atoms with E-state index in [1.165, 1.54) is 25.7 Å². The van der Waals surface area contributed by atoms with E-state index in [2.05, 4.69) is 5.32 Å². The van der Waals surface area contributed by atoms with Crippen molar-refractivity contribution in [2.75, 3.05) is 11.9 Å². The minimum Gasteiger partial charge on any atom is -0.490 e. The molecule has 140 valence electrons. The molecule has 0 aromatic heterocycles. The van der Waals surface area contributed by atoms with Crippen LogP contribution in [-0.2, 0) is 9.59 Å². The lowest BCUT2D eigenvalue weighted by molar-refractivity contribution is -0.129. The van der Waals surface area contributed by atoms with E-state index in [0.717, 1.165) is 37.1 Å². The number of rotatable bonds is 5. The Labute approximate surface area is 155 Å². The molecule has 1 unspecified atom stereocenters. The summed E-state index contributed by atoms with van der Waals surface area (Å²) in [6.07, 6.45) is 9.87. The van der Waals surface area contributed by atoms with Gasteiger partial charge in [-0.1, -0.05) is 18.9 Å². The summed E-state index contributed by atoms with van der Waals surface area (Å²) in [5.41, 5.74) is 0.747. The second-order valence-corrected chi connectivity index (χ2v) is 7.93. The van der Waals surface area contributed by atoms with Crippen LogP contribution in [0.1, 0.15) is 57.8 Å². The molecule has 1 saturated heterocycles. The second-order valence-electron chi connectivity index (χ2n) is 7.93. The number of anilines is 1. The van der Waals surface area contributed by atoms with Gasteiger partial charge in [-0.25, -0.2) is 0 Å². The number of benzene rings is 1. The van der Waals surface area contributed by atoms with Crippen molar-refractivity contribution in [3.8, 4) is 5.75 Å². The zero-order valence-corrected chi connectivity index (χ0v) is 15.3. The number of nitrogens with one attached hydrogen (secondary N) is 1. The van der Waals surface area contributed by atoms with Crippen molar-refractivity contribution in [1.29, 1.82) is 0 Å². The van der Waals surface area contributed by atoms with Gasteiger partial charge in [0, 0.05) is 30.8 Å². The highest BCUT2D eigenvalue weighted by molar-refractivity contribution is 5.97. The predicted octanol–water partition coefficient (Wildman–Crippen LogP) is 3.74. The molecule has 0 radical (unpaired) electrons. The van der Waals surface area contributed by atoms with Crippen molar-refractivity contribution in [1.82, 2.24) is 4.90 Å². The molecule has 1 atom stereocenters. The highest BCUT2D eigenvalue weighted by Crippen LogP contribution is 2.30. The fourth-order valence-electron chi connectivity index (χ4n) is 4.57. The summed E-state index contributed by atoms with van der Waals surface area (Å²) in [6.45, 7) is 0.563. The first kappa shape index (κ1) is 17.4. The Bertz CT molecular complexity index is 663. The van der Waals surface area contributed by atoms with Crippen LogP contribution in [0.2, 0.25) is 0 Å². The van der Waals surface area contributed by atoms with Crippen LogP contribution < -0.4 is 10.1 Å². The molecule has 1 N–H and O–H groups in total. The van der Waals surface area contributed by atoms with Crippen molar-refractivity contribution in [3.63, 3.8) is 0 Å². The van der Waals surface area contributed by atoms with E-state index < -0.39 is 0 Å². The standard InChI is InChI=1S/C21H28N2O3/c24-20-12-15(14-23(20)17-7-1-2-8-17)21(25)22-16-6-5-11-19(13-16)26-18-9-3-4-10-18/h5-6,11,13,15,17-18H,1-4,7-10,12,14H2,(H,22,25). The summed E-state index contributed by atoms with van der Waals surface area (Å²) in [4.78, 5) is 26.9. The van der Waals surface area contributed by atoms with Gasteiger partial charge in [-0.15, -0.1) is 0 Å². The SMILES string of the molecule is O=C(Nc1cccc(OC2CCCC2)c1)C1CC(=O)N(C2CCCC2)C1. The van der Waals surface area contributed by atoms with Gasteiger partial charge in [0.2, 0.25) is 11.8 Å². The van der Waals surface area contributed by atoms with Crippen LogP contribution in [0.5, 0.6) is 5.75 Å². The Balaban J connectivity index is 1.35. The maximum atomic E-state index is 12.6. The molecule has 2 saturated carbocycles. The van der Waals surface area contributed by atoms with Gasteiger partial charge in [-0.05, 0) is 50.7 Å². The van der Waals surface area contributed by atoms with Gasteiger partial charge in [-0.2, -0.15) is 0 Å². The largest absolute Gasteiger partial charge is 0.490 e. The number of carbonyl (C=O) groups is 2. The van der Waals surface area contributed by atoms with Crippen LogP contribution in [0.15, 0.2) is 24.3 Å². The number of hydrogen-bond acceptors (Lipinski definition) is 3. The molecule has 26 heavy (non-hydrogen) atoms. The third-order valence-corrected chi connectivity index (χ3v) is 6.00. The Hall–Kier alpha value is -2.04. The van der Waals surface area contributed by atoms with E-state index in [4.69, 9.17) is 4.74 Å². The molecular weight excluding hydrogens is 328 g/mol. The van der Waals surface area contributed by atoms with Gasteiger partial charge < -0.3 is 15.0 Å². The third kappa shape index (κ3) is 3.87. The second kappa shape index (κ2) is 7.68. The number of hydrogen-bond donors (Lipinski definition) is 1. The minimum absolute atomic E-state index is 0.0585. The highest BCUT2D eigenvalue weighted by atomic mass is 16.5. The van der Waals surface area contributed by atoms with Gasteiger partial charge in [0.1, 0.15) is 5.75 Å². The molecule has 0 bridgehead atoms. The molecule has 3 fully saturated rings. The van der Waals surface area contributed by atoms with Crippen molar-refractivity contribution >= 4 is 17.5 Å². The molecule has 2 amide bonds. The van der Waals surface area contributed by atoms with Gasteiger partial charge in [0.15, 0.2) is 0 Å². The molecule has 1 aromatic rings. The molecule has 4 rings (SSSR count). The zero-order valence-electron chi connectivity index (χ0n) is 15.3. The Morgan fingerprint density at radius 2 is 1.81 bits per heavy atom. The predicted molar refractivity (Wildman–Crippen MR) is 100 cm³/mol. The fourth-order valence-corrected chi connectivity index (χ4v) is 4.57. The lowest BCUT2D eigenvalue weighted by Gasteiger charge is -2.23. The van der Waals surface area contributed by atoms with Crippen LogP contribution in [0.4, 0.5) is 5.69 Å². The molecule has 5 heteroatoms. The Kier molecular flexibility index (Phi) is 5.14. The number of carbonyl (C=O) groups excluding carboxylic acids is 2. The summed E-state index contributed by atoms with van der Waals surface area (Å²) in [7, 11) is 0. The van der Waals surface area contributed by atoms with Gasteiger partial charge in [0.25, 0.3) is 0 Å². The topological polar surface area (TPSA) is 58.6 Å². The summed E-state index contributed by atoms with van der Waals surface area (Å²) < 4.78 is 6.01. The molecule has 2 aliphatic carbocycles. The first-order valence-corrected chi connectivity index (χ1v) is 10.1. The summed E-state index contributed by atoms with van der Waals surface area (Å²) in [6, 6.07) is 7.97. The summed E-state index contributed by atoms with van der Waals surface area (Å²) in [5, 5.41) is 2.98. The molecule has 1 heterocycles.